The molecule has 7 nitrogen and oxygen atoms in total. The molecular weight excluding hydrogens is 444 g/mol. The molecule has 0 radical (unpaired) electrons. The van der Waals surface area contributed by atoms with Gasteiger partial charge in [0, 0.05) is 29.6 Å². The highest BCUT2D eigenvalue weighted by molar-refractivity contribution is 5.92. The lowest BCUT2D eigenvalue weighted by Crippen LogP contribution is -2.29. The van der Waals surface area contributed by atoms with Crippen molar-refractivity contribution in [3.05, 3.63) is 41.0 Å². The number of rotatable bonds is 7. The number of alkyl halides is 3. The smallest absolute Gasteiger partial charge is 0.415 e. The van der Waals surface area contributed by atoms with Gasteiger partial charge in [0.1, 0.15) is 24.1 Å². The topological polar surface area (TPSA) is 103 Å². The normalized spacial score (nSPS) is 17.3. The molecule has 0 saturated heterocycles. The van der Waals surface area contributed by atoms with Gasteiger partial charge < -0.3 is 25.6 Å². The van der Waals surface area contributed by atoms with Gasteiger partial charge in [-0.1, -0.05) is 6.08 Å². The molecule has 3 rings (SSSR count). The van der Waals surface area contributed by atoms with Crippen LogP contribution < -0.4 is 20.5 Å². The molecule has 1 aliphatic rings. The van der Waals surface area contributed by atoms with E-state index in [1.54, 1.807) is 32.9 Å². The molecule has 1 heterocycles. The van der Waals surface area contributed by atoms with Crippen molar-refractivity contribution in [2.45, 2.75) is 45.0 Å². The second kappa shape index (κ2) is 9.14. The van der Waals surface area contributed by atoms with Crippen LogP contribution >= 0.6 is 0 Å². The predicted molar refractivity (Wildman–Crippen MR) is 116 cm³/mol. The van der Waals surface area contributed by atoms with Crippen molar-refractivity contribution in [2.75, 3.05) is 25.6 Å². The Hall–Kier alpha value is -2.92. The lowest BCUT2D eigenvalue weighted by molar-refractivity contribution is -0.0963. The molecule has 1 aliphatic carbocycles. The highest BCUT2D eigenvalue weighted by Crippen LogP contribution is 2.38. The molecule has 0 spiro atoms. The Bertz CT molecular complexity index is 1110. The Kier molecular flexibility index (Phi) is 6.85. The van der Waals surface area contributed by atoms with Crippen LogP contribution in [0.2, 0.25) is 0 Å². The van der Waals surface area contributed by atoms with E-state index in [2.05, 4.69) is 15.3 Å². The number of fused-ring (bicyclic) bond motifs is 1. The summed E-state index contributed by atoms with van der Waals surface area (Å²) in [5, 5.41) is 13.3. The van der Waals surface area contributed by atoms with Gasteiger partial charge in [0.2, 0.25) is 0 Å². The highest BCUT2D eigenvalue weighted by atomic mass is 19.4. The van der Waals surface area contributed by atoms with Gasteiger partial charge in [0.05, 0.1) is 23.8 Å². The first kappa shape index (κ1) is 24.7. The van der Waals surface area contributed by atoms with E-state index in [1.807, 2.05) is 0 Å². The maximum Gasteiger partial charge on any atom is 0.415 e. The minimum atomic E-state index is -4.80. The third-order valence-corrected chi connectivity index (χ3v) is 4.86. The summed E-state index contributed by atoms with van der Waals surface area (Å²) in [4.78, 5) is 8.67. The van der Waals surface area contributed by atoms with Crippen molar-refractivity contribution < 1.29 is 32.1 Å². The van der Waals surface area contributed by atoms with Crippen molar-refractivity contribution in [1.82, 2.24) is 9.97 Å². The Morgan fingerprint density at radius 2 is 1.91 bits per heavy atom. The first-order chi connectivity index (χ1) is 15.3. The maximum absolute atomic E-state index is 14.6. The van der Waals surface area contributed by atoms with Crippen LogP contribution in [-0.2, 0) is 0 Å². The summed E-state index contributed by atoms with van der Waals surface area (Å²) in [7, 11) is 1.46. The fraction of sp³-hybridized carbons (Fsp3) is 0.455. The van der Waals surface area contributed by atoms with E-state index >= 15 is 0 Å². The van der Waals surface area contributed by atoms with Crippen LogP contribution in [0.15, 0.2) is 35.2 Å². The Morgan fingerprint density at radius 1 is 1.21 bits per heavy atom. The van der Waals surface area contributed by atoms with Gasteiger partial charge >= 0.3 is 6.18 Å². The SMILES string of the molecule is COc1cc2nc(C)nc(NCC3=CC(N)CC(C(F)(F)F)=C3F)c2cc1OCC(C)(C)O. The molecule has 0 bridgehead atoms. The van der Waals surface area contributed by atoms with Crippen LogP contribution in [-0.4, -0.2) is 53.2 Å². The van der Waals surface area contributed by atoms with Crippen LogP contribution in [0.3, 0.4) is 0 Å². The second-order valence-electron chi connectivity index (χ2n) is 8.44. The molecule has 1 aromatic carbocycles. The van der Waals surface area contributed by atoms with Gasteiger partial charge in [0.25, 0.3) is 0 Å². The number of aliphatic hydroxyl groups is 1. The van der Waals surface area contributed by atoms with Crippen molar-refractivity contribution in [1.29, 1.82) is 0 Å². The van der Waals surface area contributed by atoms with E-state index in [4.69, 9.17) is 15.2 Å². The van der Waals surface area contributed by atoms with Crippen molar-refractivity contribution in [2.24, 2.45) is 5.73 Å². The van der Waals surface area contributed by atoms with E-state index in [1.165, 1.54) is 13.2 Å². The van der Waals surface area contributed by atoms with Crippen molar-refractivity contribution >= 4 is 16.7 Å². The zero-order chi connectivity index (χ0) is 24.6. The van der Waals surface area contributed by atoms with Gasteiger partial charge in [0.15, 0.2) is 11.5 Å². The summed E-state index contributed by atoms with van der Waals surface area (Å²) < 4.78 is 65.1. The molecule has 2 aromatic rings. The van der Waals surface area contributed by atoms with Gasteiger partial charge in [-0.05, 0) is 33.3 Å². The Balaban J connectivity index is 1.96. The Morgan fingerprint density at radius 3 is 2.52 bits per heavy atom. The molecule has 180 valence electrons. The monoisotopic (exact) mass is 470 g/mol. The van der Waals surface area contributed by atoms with Crippen LogP contribution in [0.4, 0.5) is 23.4 Å². The zero-order valence-corrected chi connectivity index (χ0v) is 18.7. The minimum Gasteiger partial charge on any atom is -0.493 e. The first-order valence-electron chi connectivity index (χ1n) is 10.2. The number of ether oxygens (including phenoxy) is 2. The number of aromatic nitrogens is 2. The summed E-state index contributed by atoms with van der Waals surface area (Å²) in [6.45, 7) is 4.52. The number of benzene rings is 1. The van der Waals surface area contributed by atoms with Crippen LogP contribution in [0.25, 0.3) is 10.9 Å². The molecule has 0 amide bonds. The number of hydrogen-bond acceptors (Lipinski definition) is 7. The number of nitrogens with two attached hydrogens (primary N) is 1. The van der Waals surface area contributed by atoms with Crippen LogP contribution in [0, 0.1) is 6.92 Å². The van der Waals surface area contributed by atoms with Gasteiger partial charge in [-0.25, -0.2) is 14.4 Å². The average molecular weight is 470 g/mol. The molecule has 11 heteroatoms. The molecule has 0 fully saturated rings. The van der Waals surface area contributed by atoms with Gasteiger partial charge in [-0.3, -0.25) is 0 Å². The number of halogens is 4. The molecule has 1 atom stereocenters. The molecule has 1 aromatic heterocycles. The van der Waals surface area contributed by atoms with E-state index in [9.17, 15) is 22.7 Å². The van der Waals surface area contributed by atoms with Crippen LogP contribution in [0.1, 0.15) is 26.1 Å². The summed E-state index contributed by atoms with van der Waals surface area (Å²) >= 11 is 0. The van der Waals surface area contributed by atoms with Gasteiger partial charge in [-0.2, -0.15) is 13.2 Å². The number of methoxy groups -OCH3 is 1. The highest BCUT2D eigenvalue weighted by Gasteiger charge is 2.40. The van der Waals surface area contributed by atoms with Crippen LogP contribution in [0.5, 0.6) is 11.5 Å². The maximum atomic E-state index is 14.6. The standard InChI is InChI=1S/C22H26F4N4O3/c1-11-29-16-8-17(32-4)18(33-10-21(2,3)31)7-14(16)20(30-11)28-9-12-5-13(27)6-15(19(12)23)22(24,25)26/h5,7-8,13,31H,6,9-10,27H2,1-4H3,(H,28,29,30). The summed E-state index contributed by atoms with van der Waals surface area (Å²) in [5.41, 5.74) is 3.61. The molecule has 4 N–H and O–H groups in total. The largest absolute Gasteiger partial charge is 0.493 e. The molecule has 1 unspecified atom stereocenters. The Labute approximate surface area is 188 Å². The van der Waals surface area contributed by atoms with Gasteiger partial charge in [-0.15, -0.1) is 0 Å². The van der Waals surface area contributed by atoms with Crippen molar-refractivity contribution in [3.8, 4) is 11.5 Å². The number of anilines is 1. The number of nitrogens with zero attached hydrogens (tertiary/aromatic N) is 2. The molecular formula is C22H26F4N4O3. The third kappa shape index (κ3) is 5.91. The van der Waals surface area contributed by atoms with Crippen molar-refractivity contribution in [3.63, 3.8) is 0 Å². The summed E-state index contributed by atoms with van der Waals surface area (Å²) in [5.74, 6) is 0.0170. The minimum absolute atomic E-state index is 0.0225. The predicted octanol–water partition coefficient (Wildman–Crippen LogP) is 3.95. The number of nitrogens with one attached hydrogen (secondary N) is 1. The van der Waals surface area contributed by atoms with E-state index in [-0.39, 0.29) is 24.5 Å². The third-order valence-electron chi connectivity index (χ3n) is 4.86. The lowest BCUT2D eigenvalue weighted by Gasteiger charge is -2.23. The summed E-state index contributed by atoms with van der Waals surface area (Å²) in [6.07, 6.45) is -4.15. The second-order valence-corrected chi connectivity index (χ2v) is 8.44. The fourth-order valence-corrected chi connectivity index (χ4v) is 3.38. The fourth-order valence-electron chi connectivity index (χ4n) is 3.38. The quantitative estimate of drug-likeness (QED) is 0.527. The van der Waals surface area contributed by atoms with E-state index in [0.717, 1.165) is 0 Å². The first-order valence-corrected chi connectivity index (χ1v) is 10.2. The number of aryl methyl sites for hydroxylation is 1. The molecule has 0 saturated carbocycles. The average Bonchev–Trinajstić information content (AvgIpc) is 2.70. The zero-order valence-electron chi connectivity index (χ0n) is 18.7. The van der Waals surface area contributed by atoms with E-state index in [0.29, 0.717) is 28.2 Å². The molecule has 33 heavy (non-hydrogen) atoms. The summed E-state index contributed by atoms with van der Waals surface area (Å²) in [6, 6.07) is 2.26. The number of hydrogen-bond donors (Lipinski definition) is 3. The lowest BCUT2D eigenvalue weighted by atomic mass is 9.94. The molecule has 0 aliphatic heterocycles. The van der Waals surface area contributed by atoms with E-state index < -0.39 is 35.6 Å².